The summed E-state index contributed by atoms with van der Waals surface area (Å²) in [4.78, 5) is 0. The number of benzene rings is 1. The lowest BCUT2D eigenvalue weighted by atomic mass is 10.2. The summed E-state index contributed by atoms with van der Waals surface area (Å²) in [5.74, 6) is 0. The lowest BCUT2D eigenvalue weighted by Crippen LogP contribution is -1.75. The van der Waals surface area contributed by atoms with E-state index >= 15 is 0 Å². The van der Waals surface area contributed by atoms with Crippen LogP contribution in [0.25, 0.3) is 10.1 Å². The van der Waals surface area contributed by atoms with Crippen molar-refractivity contribution < 1.29 is 0 Å². The molecule has 0 nitrogen and oxygen atoms in total. The van der Waals surface area contributed by atoms with Gasteiger partial charge in [0.1, 0.15) is 0 Å². The average Bonchev–Trinajstić information content (AvgIpc) is 2.33. The van der Waals surface area contributed by atoms with Gasteiger partial charge in [0.05, 0.1) is 0 Å². The second-order valence-corrected chi connectivity index (χ2v) is 5.60. The molecule has 0 atom stereocenters. The van der Waals surface area contributed by atoms with Gasteiger partial charge in [0.25, 0.3) is 0 Å². The fourth-order valence-corrected chi connectivity index (χ4v) is 3.90. The Labute approximate surface area is 97.2 Å². The molecule has 12 heavy (non-hydrogen) atoms. The van der Waals surface area contributed by atoms with Gasteiger partial charge in [-0.2, -0.15) is 0 Å². The Hall–Kier alpha value is 0.390. The molecule has 62 valence electrons. The number of hydrogen-bond acceptors (Lipinski definition) is 1. The molecular weight excluding hydrogens is 347 g/mol. The third-order valence-electron chi connectivity index (χ3n) is 1.73. The number of fused-ring (bicyclic) bond motifs is 1. The number of aryl methyl sites for hydroxylation is 1. The van der Waals surface area contributed by atoms with Crippen molar-refractivity contribution in [2.45, 2.75) is 6.92 Å². The van der Waals surface area contributed by atoms with Crippen LogP contribution in [0, 0.1) is 10.5 Å². The molecule has 0 radical (unpaired) electrons. The topological polar surface area (TPSA) is 0 Å². The fraction of sp³-hybridized carbons (Fsp3) is 0.111. The van der Waals surface area contributed by atoms with Gasteiger partial charge in [0.2, 0.25) is 0 Å². The van der Waals surface area contributed by atoms with Crippen molar-refractivity contribution in [3.05, 3.63) is 31.1 Å². The van der Waals surface area contributed by atoms with Crippen LogP contribution in [0.3, 0.4) is 0 Å². The highest BCUT2D eigenvalue weighted by molar-refractivity contribution is 14.1. The quantitative estimate of drug-likeness (QED) is 0.609. The van der Waals surface area contributed by atoms with E-state index in [4.69, 9.17) is 0 Å². The average molecular weight is 353 g/mol. The van der Waals surface area contributed by atoms with E-state index in [-0.39, 0.29) is 0 Å². The molecule has 0 fully saturated rings. The summed E-state index contributed by atoms with van der Waals surface area (Å²) in [6, 6.07) is 4.43. The molecule has 0 unspecified atom stereocenters. The first-order valence-electron chi connectivity index (χ1n) is 3.51. The fourth-order valence-electron chi connectivity index (χ4n) is 1.20. The summed E-state index contributed by atoms with van der Waals surface area (Å²) in [5.41, 5.74) is 1.33. The summed E-state index contributed by atoms with van der Waals surface area (Å²) in [6.45, 7) is 2.13. The van der Waals surface area contributed by atoms with Gasteiger partial charge in [0, 0.05) is 23.5 Å². The van der Waals surface area contributed by atoms with E-state index in [0.29, 0.717) is 0 Å². The first-order chi connectivity index (χ1) is 5.68. The molecule has 0 saturated carbocycles. The van der Waals surface area contributed by atoms with Crippen LogP contribution in [0.2, 0.25) is 0 Å². The van der Waals surface area contributed by atoms with Crippen LogP contribution in [-0.4, -0.2) is 0 Å². The van der Waals surface area contributed by atoms with Gasteiger partial charge in [0.15, 0.2) is 0 Å². The van der Waals surface area contributed by atoms with E-state index < -0.39 is 0 Å². The zero-order valence-electron chi connectivity index (χ0n) is 6.40. The van der Waals surface area contributed by atoms with Crippen LogP contribution in [0.5, 0.6) is 0 Å². The summed E-state index contributed by atoms with van der Waals surface area (Å²) >= 11 is 7.72. The molecule has 0 spiro atoms. The van der Waals surface area contributed by atoms with Gasteiger partial charge >= 0.3 is 0 Å². The van der Waals surface area contributed by atoms with E-state index in [2.05, 4.69) is 63.0 Å². The molecule has 2 rings (SSSR count). The Morgan fingerprint density at radius 3 is 2.92 bits per heavy atom. The molecule has 1 heterocycles. The third kappa shape index (κ3) is 1.42. The maximum absolute atomic E-state index is 3.54. The molecular formula is C9H6BrIS. The number of thiophene rings is 1. The Morgan fingerprint density at radius 1 is 1.42 bits per heavy atom. The molecule has 2 aromatic rings. The monoisotopic (exact) mass is 352 g/mol. The number of halogens is 2. The predicted octanol–water partition coefficient (Wildman–Crippen LogP) is 4.58. The summed E-state index contributed by atoms with van der Waals surface area (Å²) in [6.07, 6.45) is 0. The molecule has 1 aromatic carbocycles. The second kappa shape index (κ2) is 3.27. The molecule has 0 bridgehead atoms. The van der Waals surface area contributed by atoms with Crippen molar-refractivity contribution >= 4 is 59.9 Å². The molecule has 0 N–H and O–H groups in total. The van der Waals surface area contributed by atoms with Crippen molar-refractivity contribution in [1.82, 2.24) is 0 Å². The number of rotatable bonds is 0. The molecule has 0 aliphatic heterocycles. The van der Waals surface area contributed by atoms with Crippen LogP contribution in [-0.2, 0) is 0 Å². The van der Waals surface area contributed by atoms with Crippen LogP contribution in [0.15, 0.2) is 22.0 Å². The van der Waals surface area contributed by atoms with Crippen molar-refractivity contribution in [1.29, 1.82) is 0 Å². The second-order valence-electron chi connectivity index (χ2n) is 2.71. The minimum atomic E-state index is 1.21. The smallest absolute Gasteiger partial charge is 0.0488 e. The first kappa shape index (κ1) is 8.97. The number of hydrogen-bond donors (Lipinski definition) is 0. The van der Waals surface area contributed by atoms with E-state index in [1.165, 1.54) is 23.7 Å². The van der Waals surface area contributed by atoms with E-state index in [0.717, 1.165) is 0 Å². The lowest BCUT2D eigenvalue weighted by molar-refractivity contribution is 1.50. The van der Waals surface area contributed by atoms with Gasteiger partial charge < -0.3 is 0 Å². The van der Waals surface area contributed by atoms with Gasteiger partial charge in [-0.25, -0.2) is 0 Å². The lowest BCUT2D eigenvalue weighted by Gasteiger charge is -1.97. The standard InChI is InChI=1S/C9H6BrIS/c1-5-2-6-7(10)4-12-9(6)8(11)3-5/h2-4H,1H3. The van der Waals surface area contributed by atoms with Crippen molar-refractivity contribution in [2.24, 2.45) is 0 Å². The van der Waals surface area contributed by atoms with Crippen molar-refractivity contribution in [3.63, 3.8) is 0 Å². The van der Waals surface area contributed by atoms with Gasteiger partial charge in [-0.05, 0) is 63.1 Å². The van der Waals surface area contributed by atoms with Crippen LogP contribution >= 0.6 is 49.9 Å². The molecule has 0 aliphatic rings. The van der Waals surface area contributed by atoms with E-state index in [1.54, 1.807) is 11.3 Å². The SMILES string of the molecule is Cc1cc(I)c2scc(Br)c2c1. The van der Waals surface area contributed by atoms with Crippen LogP contribution in [0.1, 0.15) is 5.56 Å². The Morgan fingerprint density at radius 2 is 2.17 bits per heavy atom. The summed E-state index contributed by atoms with van der Waals surface area (Å²) < 4.78 is 3.94. The van der Waals surface area contributed by atoms with Gasteiger partial charge in [-0.1, -0.05) is 0 Å². The Kier molecular flexibility index (Phi) is 2.44. The molecule has 1 aromatic heterocycles. The highest BCUT2D eigenvalue weighted by atomic mass is 127. The highest BCUT2D eigenvalue weighted by Gasteiger charge is 2.04. The summed E-state index contributed by atoms with van der Waals surface area (Å²) in [7, 11) is 0. The van der Waals surface area contributed by atoms with Crippen molar-refractivity contribution in [2.75, 3.05) is 0 Å². The van der Waals surface area contributed by atoms with E-state index in [9.17, 15) is 0 Å². The highest BCUT2D eigenvalue weighted by Crippen LogP contribution is 2.34. The first-order valence-corrected chi connectivity index (χ1v) is 6.26. The van der Waals surface area contributed by atoms with Crippen LogP contribution < -0.4 is 0 Å². The van der Waals surface area contributed by atoms with E-state index in [1.807, 2.05) is 0 Å². The largest absolute Gasteiger partial charge is 0.141 e. The predicted molar refractivity (Wildman–Crippen MR) is 67.0 cm³/mol. The summed E-state index contributed by atoms with van der Waals surface area (Å²) in [5, 5.41) is 3.48. The Balaban J connectivity index is 2.92. The zero-order valence-corrected chi connectivity index (χ0v) is 11.0. The Bertz CT molecular complexity index is 433. The molecule has 3 heteroatoms. The minimum absolute atomic E-state index is 1.21. The zero-order chi connectivity index (χ0) is 8.72. The van der Waals surface area contributed by atoms with Crippen LogP contribution in [0.4, 0.5) is 0 Å². The molecule has 0 aliphatic carbocycles. The maximum atomic E-state index is 3.54. The molecule has 0 saturated heterocycles. The molecule has 0 amide bonds. The van der Waals surface area contributed by atoms with Crippen molar-refractivity contribution in [3.8, 4) is 0 Å². The van der Waals surface area contributed by atoms with Gasteiger partial charge in [-0.3, -0.25) is 0 Å². The normalized spacial score (nSPS) is 10.9. The minimum Gasteiger partial charge on any atom is -0.141 e. The van der Waals surface area contributed by atoms with Gasteiger partial charge in [-0.15, -0.1) is 11.3 Å². The third-order valence-corrected chi connectivity index (χ3v) is 4.93. The maximum Gasteiger partial charge on any atom is 0.0488 e.